The highest BCUT2D eigenvalue weighted by atomic mass is 16.6. The lowest BCUT2D eigenvalue weighted by Gasteiger charge is -2.24. The molecular weight excluding hydrogens is 260 g/mol. The maximum Gasteiger partial charge on any atom is 0.414 e. The van der Waals surface area contributed by atoms with Gasteiger partial charge in [-0.05, 0) is 12.1 Å². The Labute approximate surface area is 117 Å². The third-order valence-corrected chi connectivity index (χ3v) is 2.70. The van der Waals surface area contributed by atoms with Crippen LogP contribution in [0.25, 0.3) is 0 Å². The summed E-state index contributed by atoms with van der Waals surface area (Å²) in [4.78, 5) is 23.4. The summed E-state index contributed by atoms with van der Waals surface area (Å²) < 4.78 is 10.5. The van der Waals surface area contributed by atoms with E-state index in [1.165, 1.54) is 4.90 Å². The molecule has 0 atom stereocenters. The largest absolute Gasteiger partial charge is 0.414 e. The number of nitrogens with zero attached hydrogens (tertiary/aromatic N) is 4. The third-order valence-electron chi connectivity index (χ3n) is 2.70. The van der Waals surface area contributed by atoms with Crippen molar-refractivity contribution >= 4 is 18.2 Å². The second-order valence-corrected chi connectivity index (χ2v) is 4.48. The van der Waals surface area contributed by atoms with E-state index >= 15 is 0 Å². The van der Waals surface area contributed by atoms with Crippen LogP contribution in [0.5, 0.6) is 5.75 Å². The van der Waals surface area contributed by atoms with Crippen LogP contribution in [0, 0.1) is 0 Å². The van der Waals surface area contributed by atoms with Gasteiger partial charge >= 0.3 is 6.09 Å². The van der Waals surface area contributed by atoms with Gasteiger partial charge in [-0.3, -0.25) is 0 Å². The Balaban J connectivity index is 2.07. The van der Waals surface area contributed by atoms with E-state index in [1.54, 1.807) is 38.8 Å². The van der Waals surface area contributed by atoms with Crippen molar-refractivity contribution < 1.29 is 14.3 Å². The fraction of sp³-hybridized carbons (Fsp3) is 0.462. The van der Waals surface area contributed by atoms with Crippen LogP contribution in [0.3, 0.4) is 0 Å². The molecule has 2 rings (SSSR count). The smallest absolute Gasteiger partial charge is 0.406 e. The topological polar surface area (TPSA) is 67.3 Å². The zero-order valence-corrected chi connectivity index (χ0v) is 11.7. The molecule has 0 saturated carbocycles. The molecule has 7 nitrogen and oxygen atoms in total. The Bertz CT molecular complexity index is 484. The number of rotatable bonds is 3. The van der Waals surface area contributed by atoms with Gasteiger partial charge in [-0.15, -0.1) is 0 Å². The molecule has 0 aliphatic carbocycles. The van der Waals surface area contributed by atoms with Crippen LogP contribution < -0.4 is 4.74 Å². The quantitative estimate of drug-likeness (QED) is 0.612. The Hall–Kier alpha value is -2.15. The molecule has 0 unspecified atom stereocenters. The van der Waals surface area contributed by atoms with Crippen molar-refractivity contribution in [1.29, 1.82) is 0 Å². The van der Waals surface area contributed by atoms with E-state index in [-0.39, 0.29) is 0 Å². The summed E-state index contributed by atoms with van der Waals surface area (Å²) in [7, 11) is 3.24. The van der Waals surface area contributed by atoms with Crippen molar-refractivity contribution in [2.75, 3.05) is 40.4 Å². The molecule has 0 bridgehead atoms. The molecule has 1 fully saturated rings. The van der Waals surface area contributed by atoms with Gasteiger partial charge < -0.3 is 19.3 Å². The van der Waals surface area contributed by atoms with Gasteiger partial charge in [-0.2, -0.15) is 0 Å². The number of carbonyl (C=O) groups excluding carboxylic acids is 1. The van der Waals surface area contributed by atoms with Crippen LogP contribution in [0.1, 0.15) is 0 Å². The zero-order valence-electron chi connectivity index (χ0n) is 11.7. The summed E-state index contributed by atoms with van der Waals surface area (Å²) in [6.07, 6.45) is 2.86. The number of hydrogen-bond donors (Lipinski definition) is 0. The maximum atomic E-state index is 11.6. The minimum atomic E-state index is -0.458. The van der Waals surface area contributed by atoms with E-state index in [4.69, 9.17) is 9.47 Å². The van der Waals surface area contributed by atoms with Crippen LogP contribution in [0.2, 0.25) is 0 Å². The van der Waals surface area contributed by atoms with E-state index < -0.39 is 6.09 Å². The monoisotopic (exact) mass is 278 g/mol. The number of aromatic nitrogens is 1. The minimum absolute atomic E-state index is 0.343. The van der Waals surface area contributed by atoms with E-state index in [9.17, 15) is 4.79 Å². The average molecular weight is 278 g/mol. The summed E-state index contributed by atoms with van der Waals surface area (Å²) in [6.45, 7) is 2.97. The molecule has 0 N–H and O–H groups in total. The fourth-order valence-electron chi connectivity index (χ4n) is 1.57. The van der Waals surface area contributed by atoms with Crippen molar-refractivity contribution in [1.82, 2.24) is 14.8 Å². The van der Waals surface area contributed by atoms with Gasteiger partial charge in [0.15, 0.2) is 11.6 Å². The number of amides is 1. The number of aliphatic imine (C=N–C) groups is 1. The molecule has 2 heterocycles. The first-order valence-electron chi connectivity index (χ1n) is 6.37. The van der Waals surface area contributed by atoms with Crippen LogP contribution in [-0.2, 0) is 4.74 Å². The van der Waals surface area contributed by atoms with Crippen LogP contribution in [0.15, 0.2) is 23.3 Å². The van der Waals surface area contributed by atoms with Gasteiger partial charge in [0.05, 0.1) is 19.6 Å². The van der Waals surface area contributed by atoms with E-state index in [0.29, 0.717) is 24.8 Å². The van der Waals surface area contributed by atoms with E-state index in [0.717, 1.165) is 13.1 Å². The lowest BCUT2D eigenvalue weighted by Crippen LogP contribution is -2.35. The Kier molecular flexibility index (Phi) is 4.89. The summed E-state index contributed by atoms with van der Waals surface area (Å²) in [5.74, 6) is 0.727. The minimum Gasteiger partial charge on any atom is -0.406 e. The second-order valence-electron chi connectivity index (χ2n) is 4.48. The number of ether oxygens (including phenoxy) is 2. The molecule has 1 saturated heterocycles. The molecule has 1 aromatic rings. The Morgan fingerprint density at radius 3 is 2.95 bits per heavy atom. The molecule has 1 aliphatic heterocycles. The summed E-state index contributed by atoms with van der Waals surface area (Å²) in [5.41, 5.74) is 0. The molecule has 0 aromatic carbocycles. The Morgan fingerprint density at radius 1 is 1.50 bits per heavy atom. The highest BCUT2D eigenvalue weighted by Crippen LogP contribution is 2.24. The molecule has 1 aliphatic rings. The first kappa shape index (κ1) is 14.3. The van der Waals surface area contributed by atoms with Crippen molar-refractivity contribution in [3.63, 3.8) is 0 Å². The normalized spacial score (nSPS) is 15.4. The van der Waals surface area contributed by atoms with Crippen molar-refractivity contribution in [2.24, 2.45) is 4.99 Å². The summed E-state index contributed by atoms with van der Waals surface area (Å²) >= 11 is 0. The maximum absolute atomic E-state index is 11.6. The lowest BCUT2D eigenvalue weighted by molar-refractivity contribution is 0.0701. The predicted molar refractivity (Wildman–Crippen MR) is 74.5 cm³/mol. The molecule has 0 spiro atoms. The number of morpholine rings is 1. The van der Waals surface area contributed by atoms with Crippen LogP contribution >= 0.6 is 0 Å². The summed E-state index contributed by atoms with van der Waals surface area (Å²) in [5, 5.41) is 0. The third kappa shape index (κ3) is 3.92. The highest BCUT2D eigenvalue weighted by Gasteiger charge is 2.11. The van der Waals surface area contributed by atoms with Crippen molar-refractivity contribution in [3.05, 3.63) is 18.3 Å². The molecule has 1 amide bonds. The van der Waals surface area contributed by atoms with Gasteiger partial charge in [-0.1, -0.05) is 0 Å². The van der Waals surface area contributed by atoms with Crippen LogP contribution in [-0.4, -0.2) is 67.6 Å². The molecule has 0 radical (unpaired) electrons. The van der Waals surface area contributed by atoms with E-state index in [2.05, 4.69) is 9.98 Å². The van der Waals surface area contributed by atoms with E-state index in [1.807, 2.05) is 4.90 Å². The highest BCUT2D eigenvalue weighted by molar-refractivity contribution is 5.72. The molecule has 1 aromatic heterocycles. The Morgan fingerprint density at radius 2 is 2.25 bits per heavy atom. The van der Waals surface area contributed by atoms with Gasteiger partial charge in [0, 0.05) is 33.4 Å². The SMILES string of the molecule is CN(C)C(=O)Oc1cccnc1N=CN1CCOCC1. The first-order valence-corrected chi connectivity index (χ1v) is 6.37. The van der Waals surface area contributed by atoms with Gasteiger partial charge in [0.2, 0.25) is 0 Å². The molecule has 7 heteroatoms. The zero-order chi connectivity index (χ0) is 14.4. The predicted octanol–water partition coefficient (Wildman–Crippen LogP) is 1.13. The standard InChI is InChI=1S/C13H18N4O3/c1-16(2)13(18)20-11-4-3-5-14-12(11)15-10-17-6-8-19-9-7-17/h3-5,10H,6-9H2,1-2H3. The molecule has 20 heavy (non-hydrogen) atoms. The lowest BCUT2D eigenvalue weighted by atomic mass is 10.4. The van der Waals surface area contributed by atoms with Crippen molar-refractivity contribution in [2.45, 2.75) is 0 Å². The van der Waals surface area contributed by atoms with Crippen molar-refractivity contribution in [3.8, 4) is 5.75 Å². The molecular formula is C13H18N4O3. The van der Waals surface area contributed by atoms with Gasteiger partial charge in [0.25, 0.3) is 0 Å². The fourth-order valence-corrected chi connectivity index (χ4v) is 1.57. The van der Waals surface area contributed by atoms with Gasteiger partial charge in [-0.25, -0.2) is 14.8 Å². The van der Waals surface area contributed by atoms with Gasteiger partial charge in [0.1, 0.15) is 0 Å². The number of hydrogen-bond acceptors (Lipinski definition) is 5. The van der Waals surface area contributed by atoms with Crippen LogP contribution in [0.4, 0.5) is 10.6 Å². The average Bonchev–Trinajstić information content (AvgIpc) is 2.47. The molecule has 108 valence electrons. The second kappa shape index (κ2) is 6.85. The first-order chi connectivity index (χ1) is 9.66. The number of pyridine rings is 1. The summed E-state index contributed by atoms with van der Waals surface area (Å²) in [6, 6.07) is 3.37. The number of carbonyl (C=O) groups is 1.